The molecule has 0 amide bonds. The highest BCUT2D eigenvalue weighted by atomic mass is 19.4. The summed E-state index contributed by atoms with van der Waals surface area (Å²) in [7, 11) is 0. The van der Waals surface area contributed by atoms with Crippen molar-refractivity contribution in [3.63, 3.8) is 0 Å². The van der Waals surface area contributed by atoms with Gasteiger partial charge in [-0.25, -0.2) is 4.99 Å². The van der Waals surface area contributed by atoms with Gasteiger partial charge in [0.05, 0.1) is 0 Å². The van der Waals surface area contributed by atoms with Crippen molar-refractivity contribution in [1.29, 1.82) is 0 Å². The van der Waals surface area contributed by atoms with E-state index in [0.717, 1.165) is 0 Å². The maximum atomic E-state index is 12.2. The lowest BCUT2D eigenvalue weighted by Crippen LogP contribution is -2.38. The Morgan fingerprint density at radius 1 is 1.62 bits per heavy atom. The maximum Gasteiger partial charge on any atom is 0.428 e. The van der Waals surface area contributed by atoms with Gasteiger partial charge in [0.2, 0.25) is 6.10 Å². The van der Waals surface area contributed by atoms with E-state index < -0.39 is 24.1 Å². The molecule has 0 aromatic rings. The Morgan fingerprint density at radius 3 is 2.46 bits per heavy atom. The van der Waals surface area contributed by atoms with Gasteiger partial charge < -0.3 is 9.84 Å². The molecule has 2 atom stereocenters. The lowest BCUT2D eigenvalue weighted by atomic mass is 10.1. The second-order valence-electron chi connectivity index (χ2n) is 2.66. The van der Waals surface area contributed by atoms with E-state index in [2.05, 4.69) is 16.3 Å². The molecule has 13 heavy (non-hydrogen) atoms. The van der Waals surface area contributed by atoms with Crippen LogP contribution in [0, 0.1) is 0 Å². The molecule has 1 aliphatic rings. The molecule has 0 aromatic heterocycles. The minimum atomic E-state index is -4.54. The molecule has 3 nitrogen and oxygen atoms in total. The number of hydrogen-bond acceptors (Lipinski definition) is 3. The van der Waals surface area contributed by atoms with Gasteiger partial charge >= 0.3 is 6.18 Å². The molecule has 0 bridgehead atoms. The van der Waals surface area contributed by atoms with Gasteiger partial charge in [-0.1, -0.05) is 6.58 Å². The van der Waals surface area contributed by atoms with E-state index >= 15 is 0 Å². The summed E-state index contributed by atoms with van der Waals surface area (Å²) in [6.45, 7) is 4.30. The van der Waals surface area contributed by atoms with E-state index in [1.54, 1.807) is 0 Å². The predicted molar refractivity (Wildman–Crippen MR) is 39.6 cm³/mol. The van der Waals surface area contributed by atoms with Gasteiger partial charge in [0.15, 0.2) is 11.9 Å². The molecule has 74 valence electrons. The summed E-state index contributed by atoms with van der Waals surface area (Å²) in [6.07, 6.45) is -6.65. The predicted octanol–water partition coefficient (Wildman–Crippen LogP) is 1.81. The van der Waals surface area contributed by atoms with Crippen LogP contribution in [0.25, 0.3) is 0 Å². The van der Waals surface area contributed by atoms with E-state index in [1.165, 1.54) is 6.92 Å². The van der Waals surface area contributed by atoms with Crippen LogP contribution in [0.3, 0.4) is 0 Å². The highest BCUT2D eigenvalue weighted by molar-refractivity contribution is 5.75. The average Bonchev–Trinajstić information content (AvgIpc) is 2.29. The van der Waals surface area contributed by atoms with E-state index in [-0.39, 0.29) is 5.90 Å². The summed E-state index contributed by atoms with van der Waals surface area (Å²) < 4.78 is 41.0. The van der Waals surface area contributed by atoms with E-state index in [0.29, 0.717) is 0 Å². The molecule has 0 aliphatic carbocycles. The van der Waals surface area contributed by atoms with Gasteiger partial charge in [0.1, 0.15) is 5.76 Å². The minimum absolute atomic E-state index is 0.0949. The van der Waals surface area contributed by atoms with E-state index in [1.807, 2.05) is 0 Å². The molecule has 1 heterocycles. The molecular formula is C7H8F3NO2. The van der Waals surface area contributed by atoms with Gasteiger partial charge in [-0.15, -0.1) is 0 Å². The van der Waals surface area contributed by atoms with Crippen molar-refractivity contribution in [2.75, 3.05) is 0 Å². The number of halogens is 3. The summed E-state index contributed by atoms with van der Waals surface area (Å²) in [4.78, 5) is 3.46. The number of aliphatic hydroxyl groups is 1. The number of nitrogens with zero attached hydrogens (tertiary/aromatic N) is 1. The molecule has 1 aliphatic heterocycles. The Hall–Kier alpha value is -1.20. The third-order valence-corrected chi connectivity index (χ3v) is 1.57. The van der Waals surface area contributed by atoms with E-state index in [4.69, 9.17) is 5.11 Å². The average molecular weight is 195 g/mol. The number of ether oxygens (including phenoxy) is 1. The molecule has 0 radical (unpaired) electrons. The van der Waals surface area contributed by atoms with Crippen LogP contribution >= 0.6 is 0 Å². The van der Waals surface area contributed by atoms with Crippen molar-refractivity contribution in [2.24, 2.45) is 4.99 Å². The van der Waals surface area contributed by atoms with Crippen molar-refractivity contribution < 1.29 is 23.0 Å². The second-order valence-corrected chi connectivity index (χ2v) is 2.66. The fourth-order valence-corrected chi connectivity index (χ4v) is 1.04. The van der Waals surface area contributed by atoms with Gasteiger partial charge in [-0.3, -0.25) is 0 Å². The van der Waals surface area contributed by atoms with Crippen LogP contribution in [0.5, 0.6) is 0 Å². The first-order valence-electron chi connectivity index (χ1n) is 3.48. The summed E-state index contributed by atoms with van der Waals surface area (Å²) in [5, 5.41) is 8.82. The smallest absolute Gasteiger partial charge is 0.428 e. The largest absolute Gasteiger partial charge is 0.510 e. The number of hydrogen-bond donors (Lipinski definition) is 1. The molecule has 1 rings (SSSR count). The molecule has 0 aromatic carbocycles. The van der Waals surface area contributed by atoms with Crippen LogP contribution in [0.4, 0.5) is 13.2 Å². The van der Waals surface area contributed by atoms with Crippen LogP contribution < -0.4 is 0 Å². The Bertz CT molecular complexity index is 259. The summed E-state index contributed by atoms with van der Waals surface area (Å²) >= 11 is 0. The molecule has 0 fully saturated rings. The summed E-state index contributed by atoms with van der Waals surface area (Å²) in [5.74, 6) is -0.735. The van der Waals surface area contributed by atoms with Gasteiger partial charge in [-0.2, -0.15) is 13.2 Å². The Labute approximate surface area is 72.5 Å². The van der Waals surface area contributed by atoms with Crippen LogP contribution in [0.2, 0.25) is 0 Å². The third-order valence-electron chi connectivity index (χ3n) is 1.57. The zero-order valence-corrected chi connectivity index (χ0v) is 6.80. The highest BCUT2D eigenvalue weighted by Crippen LogP contribution is 2.32. The molecule has 0 spiro atoms. The summed E-state index contributed by atoms with van der Waals surface area (Å²) in [5.41, 5.74) is 0. The van der Waals surface area contributed by atoms with Crippen molar-refractivity contribution in [3.8, 4) is 0 Å². The van der Waals surface area contributed by atoms with Gasteiger partial charge in [0, 0.05) is 6.92 Å². The molecule has 0 saturated carbocycles. The van der Waals surface area contributed by atoms with Crippen molar-refractivity contribution in [3.05, 3.63) is 12.3 Å². The third kappa shape index (κ3) is 1.93. The number of alkyl halides is 3. The lowest BCUT2D eigenvalue weighted by molar-refractivity contribution is -0.197. The van der Waals surface area contributed by atoms with Gasteiger partial charge in [0.25, 0.3) is 0 Å². The fourth-order valence-electron chi connectivity index (χ4n) is 1.04. The van der Waals surface area contributed by atoms with Crippen LogP contribution in [0.15, 0.2) is 17.3 Å². The molecule has 6 heteroatoms. The standard InChI is InChI=1S/C7H8F3NO2/c1-3(12)5-6(7(8,9)10)13-4(2)11-5/h5-6,12H,1H2,2H3. The Kier molecular flexibility index (Phi) is 2.23. The molecule has 1 N–H and O–H groups in total. The van der Waals surface area contributed by atoms with Crippen molar-refractivity contribution >= 4 is 5.90 Å². The topological polar surface area (TPSA) is 41.8 Å². The van der Waals surface area contributed by atoms with Crippen LogP contribution in [0.1, 0.15) is 6.92 Å². The van der Waals surface area contributed by atoms with E-state index in [9.17, 15) is 13.2 Å². The normalized spacial score (nSPS) is 28.2. The zero-order valence-electron chi connectivity index (χ0n) is 6.80. The van der Waals surface area contributed by atoms with Crippen molar-refractivity contribution in [1.82, 2.24) is 0 Å². The molecule has 0 saturated heterocycles. The monoisotopic (exact) mass is 195 g/mol. The molecule has 2 unspecified atom stereocenters. The highest BCUT2D eigenvalue weighted by Gasteiger charge is 2.51. The SMILES string of the molecule is C=C(O)C1N=C(C)OC1C(F)(F)F. The van der Waals surface area contributed by atoms with Crippen LogP contribution in [-0.4, -0.2) is 29.3 Å². The Morgan fingerprint density at radius 2 is 2.15 bits per heavy atom. The quantitative estimate of drug-likeness (QED) is 0.648. The first-order valence-corrected chi connectivity index (χ1v) is 3.48. The second kappa shape index (κ2) is 2.93. The first-order chi connectivity index (χ1) is 5.82. The Balaban J connectivity index is 2.85. The fraction of sp³-hybridized carbons (Fsp3) is 0.571. The maximum absolute atomic E-state index is 12.2. The number of aliphatic imine (C=N–C) groups is 1. The number of aliphatic hydroxyl groups excluding tert-OH is 1. The first kappa shape index (κ1) is 9.88. The van der Waals surface area contributed by atoms with Gasteiger partial charge in [-0.05, 0) is 0 Å². The zero-order chi connectivity index (χ0) is 10.2. The number of rotatable bonds is 1. The van der Waals surface area contributed by atoms with Crippen molar-refractivity contribution in [2.45, 2.75) is 25.2 Å². The minimum Gasteiger partial charge on any atom is -0.510 e. The lowest BCUT2D eigenvalue weighted by Gasteiger charge is -2.19. The van der Waals surface area contributed by atoms with Crippen LogP contribution in [-0.2, 0) is 4.74 Å². The summed E-state index contributed by atoms with van der Waals surface area (Å²) in [6, 6.07) is -1.43. The molecular weight excluding hydrogens is 187 g/mol.